The van der Waals surface area contributed by atoms with Crippen LogP contribution < -0.4 is 5.46 Å². The second-order valence-electron chi connectivity index (χ2n) is 3.34. The first-order chi connectivity index (χ1) is 7.75. The van der Waals surface area contributed by atoms with Gasteiger partial charge in [-0.25, -0.2) is 0 Å². The van der Waals surface area contributed by atoms with Gasteiger partial charge in [-0.05, 0) is 22.5 Å². The first-order valence-electron chi connectivity index (χ1n) is 4.87. The number of benzene rings is 1. The molecule has 2 nitrogen and oxygen atoms in total. The molecule has 82 valence electrons. The quantitative estimate of drug-likeness (QED) is 0.641. The van der Waals surface area contributed by atoms with E-state index in [9.17, 15) is 0 Å². The predicted molar refractivity (Wildman–Crippen MR) is 70.1 cm³/mol. The van der Waals surface area contributed by atoms with E-state index in [-0.39, 0.29) is 0 Å². The van der Waals surface area contributed by atoms with Crippen LogP contribution in [0.4, 0.5) is 0 Å². The van der Waals surface area contributed by atoms with Crippen molar-refractivity contribution in [1.29, 1.82) is 0 Å². The van der Waals surface area contributed by atoms with Crippen molar-refractivity contribution in [2.75, 3.05) is 0 Å². The zero-order chi connectivity index (χ0) is 11.4. The van der Waals surface area contributed by atoms with Gasteiger partial charge in [-0.2, -0.15) is 0 Å². The second kappa shape index (κ2) is 5.54. The lowest BCUT2D eigenvalue weighted by Gasteiger charge is -2.03. The van der Waals surface area contributed by atoms with Gasteiger partial charge in [0.1, 0.15) is 0 Å². The lowest BCUT2D eigenvalue weighted by molar-refractivity contribution is 0.425. The second-order valence-corrected chi connectivity index (χ2v) is 5.56. The van der Waals surface area contributed by atoms with Crippen molar-refractivity contribution in [1.82, 2.24) is 0 Å². The molecule has 2 N–H and O–H groups in total. The zero-order valence-corrected chi connectivity index (χ0v) is 10.2. The van der Waals surface area contributed by atoms with E-state index in [4.69, 9.17) is 10.0 Å². The number of thioether (sulfide) groups is 1. The third-order valence-corrected chi connectivity index (χ3v) is 4.33. The van der Waals surface area contributed by atoms with Crippen LogP contribution in [0.5, 0.6) is 0 Å². The molecule has 0 atom stereocenters. The smallest absolute Gasteiger partial charge is 0.423 e. The highest BCUT2D eigenvalue weighted by Crippen LogP contribution is 2.26. The molecule has 0 radical (unpaired) electrons. The minimum atomic E-state index is -1.38. The highest BCUT2D eigenvalue weighted by Gasteiger charge is 2.10. The summed E-state index contributed by atoms with van der Waals surface area (Å²) in [5, 5.41) is 20.2. The van der Waals surface area contributed by atoms with E-state index >= 15 is 0 Å². The Balaban J connectivity index is 2.01. The summed E-state index contributed by atoms with van der Waals surface area (Å²) in [6.07, 6.45) is 0. The van der Waals surface area contributed by atoms with Gasteiger partial charge in [-0.3, -0.25) is 0 Å². The Morgan fingerprint density at radius 1 is 1.19 bits per heavy atom. The van der Waals surface area contributed by atoms with Crippen LogP contribution in [0, 0.1) is 0 Å². The summed E-state index contributed by atoms with van der Waals surface area (Å²) in [5.74, 6) is 0.848. The summed E-state index contributed by atoms with van der Waals surface area (Å²) in [4.78, 5) is 0. The molecule has 0 saturated carbocycles. The maximum Gasteiger partial charge on any atom is 0.488 e. The topological polar surface area (TPSA) is 40.5 Å². The van der Waals surface area contributed by atoms with E-state index in [1.54, 1.807) is 29.2 Å². The highest BCUT2D eigenvalue weighted by atomic mass is 32.2. The molecule has 2 rings (SSSR count). The van der Waals surface area contributed by atoms with Gasteiger partial charge in [-0.1, -0.05) is 30.3 Å². The number of thiophene rings is 1. The van der Waals surface area contributed by atoms with Gasteiger partial charge >= 0.3 is 7.12 Å². The molecule has 0 unspecified atom stereocenters. The fraction of sp³-hybridized carbons (Fsp3) is 0.0909. The molecule has 16 heavy (non-hydrogen) atoms. The average Bonchev–Trinajstić information content (AvgIpc) is 2.79. The van der Waals surface area contributed by atoms with Crippen molar-refractivity contribution in [2.24, 2.45) is 0 Å². The molecule has 0 amide bonds. The van der Waals surface area contributed by atoms with E-state index in [1.165, 1.54) is 4.21 Å². The first kappa shape index (κ1) is 11.7. The molecule has 5 heteroatoms. The van der Waals surface area contributed by atoms with Crippen molar-refractivity contribution >= 4 is 35.7 Å². The first-order valence-corrected chi connectivity index (χ1v) is 6.73. The van der Waals surface area contributed by atoms with Gasteiger partial charge in [0.05, 0.1) is 4.21 Å². The van der Waals surface area contributed by atoms with E-state index < -0.39 is 7.12 Å². The minimum absolute atomic E-state index is 0.546. The van der Waals surface area contributed by atoms with Crippen molar-refractivity contribution in [2.45, 2.75) is 9.96 Å². The molecular weight excluding hydrogens is 239 g/mol. The summed E-state index contributed by atoms with van der Waals surface area (Å²) in [6.45, 7) is 0. The SMILES string of the molecule is OB(O)c1cccc(CSc2cccs2)c1. The molecule has 1 heterocycles. The number of rotatable bonds is 4. The Hall–Kier alpha value is -0.745. The summed E-state index contributed by atoms with van der Waals surface area (Å²) in [7, 11) is -1.38. The van der Waals surface area contributed by atoms with E-state index in [2.05, 4.69) is 11.4 Å². The Bertz CT molecular complexity index is 443. The van der Waals surface area contributed by atoms with E-state index in [0.717, 1.165) is 11.3 Å². The van der Waals surface area contributed by atoms with E-state index in [1.807, 2.05) is 24.3 Å². The normalized spacial score (nSPS) is 10.4. The fourth-order valence-corrected chi connectivity index (χ4v) is 3.07. The third-order valence-electron chi connectivity index (χ3n) is 2.13. The fourth-order valence-electron chi connectivity index (χ4n) is 1.34. The summed E-state index contributed by atoms with van der Waals surface area (Å²) in [6, 6.07) is 11.5. The maximum absolute atomic E-state index is 9.05. The van der Waals surface area contributed by atoms with Crippen LogP contribution in [0.3, 0.4) is 0 Å². The Morgan fingerprint density at radius 2 is 2.06 bits per heavy atom. The van der Waals surface area contributed by atoms with Gasteiger partial charge in [0.2, 0.25) is 0 Å². The summed E-state index contributed by atoms with van der Waals surface area (Å²) >= 11 is 3.47. The van der Waals surface area contributed by atoms with E-state index in [0.29, 0.717) is 5.46 Å². The van der Waals surface area contributed by atoms with Crippen LogP contribution >= 0.6 is 23.1 Å². The predicted octanol–water partition coefficient (Wildman–Crippen LogP) is 1.72. The van der Waals surface area contributed by atoms with Gasteiger partial charge in [0.25, 0.3) is 0 Å². The molecule has 0 aliphatic carbocycles. The van der Waals surface area contributed by atoms with Gasteiger partial charge in [0, 0.05) is 5.75 Å². The molecule has 1 aromatic carbocycles. The molecule has 1 aromatic heterocycles. The molecule has 0 saturated heterocycles. The molecule has 0 aliphatic heterocycles. The van der Waals surface area contributed by atoms with Crippen LogP contribution in [-0.2, 0) is 5.75 Å². The summed E-state index contributed by atoms with van der Waals surface area (Å²) < 4.78 is 1.27. The molecule has 0 spiro atoms. The van der Waals surface area contributed by atoms with Crippen molar-refractivity contribution in [3.05, 3.63) is 47.3 Å². The van der Waals surface area contributed by atoms with Crippen molar-refractivity contribution < 1.29 is 10.0 Å². The van der Waals surface area contributed by atoms with Gasteiger partial charge in [0.15, 0.2) is 0 Å². The lowest BCUT2D eigenvalue weighted by Crippen LogP contribution is -2.29. The minimum Gasteiger partial charge on any atom is -0.423 e. The summed E-state index contributed by atoms with van der Waals surface area (Å²) in [5.41, 5.74) is 1.65. The number of hydrogen-bond acceptors (Lipinski definition) is 4. The van der Waals surface area contributed by atoms with Gasteiger partial charge in [-0.15, -0.1) is 23.1 Å². The van der Waals surface area contributed by atoms with Gasteiger partial charge < -0.3 is 10.0 Å². The number of hydrogen-bond donors (Lipinski definition) is 2. The zero-order valence-electron chi connectivity index (χ0n) is 8.54. The third kappa shape index (κ3) is 3.12. The molecule has 0 bridgehead atoms. The standard InChI is InChI=1S/C11H11BO2S2/c13-12(14)10-4-1-3-9(7-10)8-16-11-5-2-6-15-11/h1-7,13-14H,8H2. The monoisotopic (exact) mass is 250 g/mol. The lowest BCUT2D eigenvalue weighted by atomic mass is 9.80. The molecular formula is C11H11BO2S2. The molecule has 0 aliphatic rings. The Morgan fingerprint density at radius 3 is 2.75 bits per heavy atom. The maximum atomic E-state index is 9.05. The average molecular weight is 250 g/mol. The largest absolute Gasteiger partial charge is 0.488 e. The highest BCUT2D eigenvalue weighted by molar-refractivity contribution is 8.00. The Labute approximate surface area is 103 Å². The molecule has 0 fully saturated rings. The van der Waals surface area contributed by atoms with Crippen LogP contribution in [0.15, 0.2) is 46.0 Å². The van der Waals surface area contributed by atoms with Crippen LogP contribution in [-0.4, -0.2) is 17.2 Å². The van der Waals surface area contributed by atoms with Crippen LogP contribution in [0.25, 0.3) is 0 Å². The van der Waals surface area contributed by atoms with Crippen molar-refractivity contribution in [3.63, 3.8) is 0 Å². The van der Waals surface area contributed by atoms with Crippen LogP contribution in [0.2, 0.25) is 0 Å². The Kier molecular flexibility index (Phi) is 4.06. The molecule has 2 aromatic rings. The van der Waals surface area contributed by atoms with Crippen LogP contribution in [0.1, 0.15) is 5.56 Å². The van der Waals surface area contributed by atoms with Crippen molar-refractivity contribution in [3.8, 4) is 0 Å².